The monoisotopic (exact) mass is 344 g/mol. The summed E-state index contributed by atoms with van der Waals surface area (Å²) in [6, 6.07) is 20.3. The van der Waals surface area contributed by atoms with Gasteiger partial charge in [0.25, 0.3) is 0 Å². The molecule has 0 unspecified atom stereocenters. The molecule has 0 bridgehead atoms. The van der Waals surface area contributed by atoms with E-state index in [0.29, 0.717) is 12.8 Å². The van der Waals surface area contributed by atoms with Gasteiger partial charge in [-0.05, 0) is 43.4 Å². The summed E-state index contributed by atoms with van der Waals surface area (Å²) < 4.78 is 0. The third-order valence-corrected chi connectivity index (χ3v) is 5.31. The average Bonchev–Trinajstić information content (AvgIpc) is 2.60. The number of aryl methyl sites for hydroxylation is 1. The maximum absolute atomic E-state index is 10.7. The highest BCUT2D eigenvalue weighted by Gasteiger charge is 2.20. The van der Waals surface area contributed by atoms with Crippen molar-refractivity contribution in [1.29, 1.82) is 0 Å². The summed E-state index contributed by atoms with van der Waals surface area (Å²) >= 11 is 1.68. The third-order valence-electron chi connectivity index (χ3n) is 3.91. The number of hydrogen-bond acceptors (Lipinski definition) is 3. The van der Waals surface area contributed by atoms with E-state index < -0.39 is 12.1 Å². The lowest BCUT2D eigenvalue weighted by Gasteiger charge is -2.22. The Morgan fingerprint density at radius 3 is 2.21 bits per heavy atom. The lowest BCUT2D eigenvalue weighted by atomic mass is 10.0. The van der Waals surface area contributed by atoms with Gasteiger partial charge in [0.15, 0.2) is 0 Å². The van der Waals surface area contributed by atoms with Crippen LogP contribution in [-0.4, -0.2) is 27.5 Å². The maximum atomic E-state index is 10.7. The fraction of sp³-hybridized carbons (Fsp3) is 0.350. The Balaban J connectivity index is 1.95. The third kappa shape index (κ3) is 6.77. The summed E-state index contributed by atoms with van der Waals surface area (Å²) in [7, 11) is 0. The van der Waals surface area contributed by atoms with E-state index >= 15 is 0 Å². The number of aliphatic carboxylic acids is 1. The first-order chi connectivity index (χ1) is 11.6. The molecular formula is C20H24O3S. The molecule has 2 rings (SSSR count). The van der Waals surface area contributed by atoms with E-state index in [0.717, 1.165) is 17.7 Å². The van der Waals surface area contributed by atoms with Crippen molar-refractivity contribution >= 4 is 17.7 Å². The number of rotatable bonds is 10. The molecule has 2 aromatic carbocycles. The number of carboxylic acids is 1. The van der Waals surface area contributed by atoms with E-state index in [4.69, 9.17) is 5.11 Å². The van der Waals surface area contributed by atoms with E-state index in [1.165, 1.54) is 5.56 Å². The first-order valence-electron chi connectivity index (χ1n) is 8.30. The number of aliphatic hydroxyl groups is 1. The Kier molecular flexibility index (Phi) is 7.86. The highest BCUT2D eigenvalue weighted by atomic mass is 32.2. The normalized spacial score (nSPS) is 13.4. The Hall–Kier alpha value is -1.78. The summed E-state index contributed by atoms with van der Waals surface area (Å²) in [5.74, 6) is -0.807. The minimum atomic E-state index is -0.807. The zero-order chi connectivity index (χ0) is 17.2. The fourth-order valence-corrected chi connectivity index (χ4v) is 3.80. The van der Waals surface area contributed by atoms with E-state index in [9.17, 15) is 9.90 Å². The van der Waals surface area contributed by atoms with Gasteiger partial charge >= 0.3 is 5.97 Å². The standard InChI is InChI=1S/C20H24O3S/c21-18(12-7-13-20(22)23)19(24-17-10-5-2-6-11-17)15-14-16-8-3-1-4-9-16/h1-6,8-11,18-19,21H,7,12-15H2,(H,22,23)/t18-,19-/m1/s1. The zero-order valence-electron chi connectivity index (χ0n) is 13.7. The quantitative estimate of drug-likeness (QED) is 0.627. The van der Waals surface area contributed by atoms with Gasteiger partial charge in [-0.2, -0.15) is 0 Å². The van der Waals surface area contributed by atoms with Gasteiger partial charge in [-0.1, -0.05) is 48.5 Å². The highest BCUT2D eigenvalue weighted by molar-refractivity contribution is 8.00. The van der Waals surface area contributed by atoms with Crippen molar-refractivity contribution in [2.45, 2.75) is 48.4 Å². The lowest BCUT2D eigenvalue weighted by molar-refractivity contribution is -0.137. The molecule has 2 N–H and O–H groups in total. The molecule has 2 aromatic rings. The first kappa shape index (κ1) is 18.6. The van der Waals surface area contributed by atoms with E-state index in [1.807, 2.05) is 48.5 Å². The molecule has 4 heteroatoms. The smallest absolute Gasteiger partial charge is 0.303 e. The predicted molar refractivity (Wildman–Crippen MR) is 98.3 cm³/mol. The molecule has 0 saturated carbocycles. The summed E-state index contributed by atoms with van der Waals surface area (Å²) in [5.41, 5.74) is 1.26. The van der Waals surface area contributed by atoms with E-state index in [-0.39, 0.29) is 11.7 Å². The summed E-state index contributed by atoms with van der Waals surface area (Å²) in [4.78, 5) is 11.8. The molecule has 3 nitrogen and oxygen atoms in total. The summed E-state index contributed by atoms with van der Waals surface area (Å²) in [6.45, 7) is 0. The average molecular weight is 344 g/mol. The van der Waals surface area contributed by atoms with E-state index in [1.54, 1.807) is 11.8 Å². The number of benzene rings is 2. The minimum Gasteiger partial charge on any atom is -0.481 e. The van der Waals surface area contributed by atoms with Crippen LogP contribution in [0.2, 0.25) is 0 Å². The van der Waals surface area contributed by atoms with Crippen LogP contribution in [0.4, 0.5) is 0 Å². The Labute approximate surface area is 147 Å². The molecule has 0 aliphatic heterocycles. The minimum absolute atomic E-state index is 0.0569. The van der Waals surface area contributed by atoms with Crippen LogP contribution in [0.1, 0.15) is 31.2 Å². The molecule has 128 valence electrons. The Bertz CT molecular complexity index is 601. The van der Waals surface area contributed by atoms with Crippen LogP contribution in [0.5, 0.6) is 0 Å². The molecule has 0 aliphatic rings. The van der Waals surface area contributed by atoms with Gasteiger partial charge in [0.2, 0.25) is 0 Å². The van der Waals surface area contributed by atoms with Crippen molar-refractivity contribution in [3.63, 3.8) is 0 Å². The van der Waals surface area contributed by atoms with Crippen molar-refractivity contribution in [3.8, 4) is 0 Å². The van der Waals surface area contributed by atoms with Gasteiger partial charge in [-0.15, -0.1) is 11.8 Å². The molecular weight excluding hydrogens is 320 g/mol. The van der Waals surface area contributed by atoms with Crippen LogP contribution >= 0.6 is 11.8 Å². The summed E-state index contributed by atoms with van der Waals surface area (Å²) in [6.07, 6.45) is 2.40. The van der Waals surface area contributed by atoms with Gasteiger partial charge in [-0.25, -0.2) is 0 Å². The van der Waals surface area contributed by atoms with Crippen LogP contribution in [0, 0.1) is 0 Å². The number of thioether (sulfide) groups is 1. The predicted octanol–water partition coefficient (Wildman–Crippen LogP) is 4.40. The zero-order valence-corrected chi connectivity index (χ0v) is 14.5. The van der Waals surface area contributed by atoms with Gasteiger partial charge in [-0.3, -0.25) is 4.79 Å². The highest BCUT2D eigenvalue weighted by Crippen LogP contribution is 2.30. The molecule has 0 heterocycles. The van der Waals surface area contributed by atoms with Crippen LogP contribution < -0.4 is 0 Å². The van der Waals surface area contributed by atoms with Crippen molar-refractivity contribution in [2.24, 2.45) is 0 Å². The van der Waals surface area contributed by atoms with Crippen molar-refractivity contribution in [1.82, 2.24) is 0 Å². The molecule has 0 spiro atoms. The van der Waals surface area contributed by atoms with E-state index in [2.05, 4.69) is 12.1 Å². The second-order valence-corrected chi connectivity index (χ2v) is 7.16. The molecule has 0 radical (unpaired) electrons. The lowest BCUT2D eigenvalue weighted by Crippen LogP contribution is -2.24. The second kappa shape index (κ2) is 10.2. The molecule has 0 saturated heterocycles. The molecule has 0 aliphatic carbocycles. The van der Waals surface area contributed by atoms with Crippen LogP contribution in [0.25, 0.3) is 0 Å². The molecule has 2 atom stereocenters. The van der Waals surface area contributed by atoms with Gasteiger partial charge in [0.1, 0.15) is 0 Å². The molecule has 0 fully saturated rings. The van der Waals surface area contributed by atoms with Gasteiger partial charge in [0.05, 0.1) is 6.10 Å². The van der Waals surface area contributed by atoms with Crippen LogP contribution in [0.3, 0.4) is 0 Å². The molecule has 0 amide bonds. The largest absolute Gasteiger partial charge is 0.481 e. The van der Waals surface area contributed by atoms with Crippen molar-refractivity contribution in [3.05, 3.63) is 66.2 Å². The van der Waals surface area contributed by atoms with Gasteiger partial charge < -0.3 is 10.2 Å². The number of hydrogen-bond donors (Lipinski definition) is 2. The van der Waals surface area contributed by atoms with Crippen LogP contribution in [0.15, 0.2) is 65.6 Å². The van der Waals surface area contributed by atoms with Crippen LogP contribution in [-0.2, 0) is 11.2 Å². The topological polar surface area (TPSA) is 57.5 Å². The second-order valence-electron chi connectivity index (χ2n) is 5.85. The molecule has 0 aromatic heterocycles. The first-order valence-corrected chi connectivity index (χ1v) is 9.18. The SMILES string of the molecule is O=C(O)CCC[C@@H](O)[C@@H](CCc1ccccc1)Sc1ccccc1. The maximum Gasteiger partial charge on any atom is 0.303 e. The fourth-order valence-electron chi connectivity index (χ4n) is 2.61. The Morgan fingerprint density at radius 1 is 0.958 bits per heavy atom. The number of carbonyl (C=O) groups is 1. The number of aliphatic hydroxyl groups excluding tert-OH is 1. The Morgan fingerprint density at radius 2 is 1.58 bits per heavy atom. The molecule has 24 heavy (non-hydrogen) atoms. The van der Waals surface area contributed by atoms with Crippen molar-refractivity contribution in [2.75, 3.05) is 0 Å². The summed E-state index contributed by atoms with van der Waals surface area (Å²) in [5, 5.41) is 19.4. The number of carboxylic acid groups (broad SMARTS) is 1. The van der Waals surface area contributed by atoms with Crippen molar-refractivity contribution < 1.29 is 15.0 Å². The van der Waals surface area contributed by atoms with Gasteiger partial charge in [0, 0.05) is 16.6 Å².